The first kappa shape index (κ1) is 20.6. The largest absolute Gasteiger partial charge is 0.465 e. The number of amides is 1. The minimum atomic E-state index is -1.25. The van der Waals surface area contributed by atoms with E-state index >= 15 is 0 Å². The predicted molar refractivity (Wildman–Crippen MR) is 98.4 cm³/mol. The van der Waals surface area contributed by atoms with E-state index in [0.717, 1.165) is 12.1 Å². The zero-order valence-electron chi connectivity index (χ0n) is 15.3. The molecule has 10 heteroatoms. The third-order valence-corrected chi connectivity index (χ3v) is 4.68. The van der Waals surface area contributed by atoms with Crippen LogP contribution >= 0.6 is 0 Å². The number of non-ortho nitro benzene ring substituents is 1. The average molecular weight is 407 g/mol. The van der Waals surface area contributed by atoms with Gasteiger partial charge >= 0.3 is 6.09 Å². The number of halogens is 2. The molecule has 0 aromatic heterocycles. The number of benzene rings is 2. The highest BCUT2D eigenvalue weighted by atomic mass is 19.2. The van der Waals surface area contributed by atoms with Gasteiger partial charge in [0.2, 0.25) is 0 Å². The quantitative estimate of drug-likeness (QED) is 0.563. The second-order valence-electron chi connectivity index (χ2n) is 6.67. The van der Waals surface area contributed by atoms with Crippen molar-refractivity contribution in [3.63, 3.8) is 0 Å². The predicted octanol–water partition coefficient (Wildman–Crippen LogP) is 3.08. The zero-order chi connectivity index (χ0) is 21.0. The van der Waals surface area contributed by atoms with Gasteiger partial charge in [-0.15, -0.1) is 0 Å². The third kappa shape index (κ3) is 5.24. The Labute approximate surface area is 164 Å². The maximum atomic E-state index is 13.5. The number of hydrogen-bond donors (Lipinski definition) is 2. The first-order chi connectivity index (χ1) is 13.8. The van der Waals surface area contributed by atoms with E-state index in [9.17, 15) is 28.8 Å². The van der Waals surface area contributed by atoms with E-state index in [4.69, 9.17) is 4.74 Å². The number of ether oxygens (including phenoxy) is 1. The lowest BCUT2D eigenvalue weighted by Crippen LogP contribution is -2.48. The number of nitrogens with zero attached hydrogens (tertiary/aromatic N) is 2. The van der Waals surface area contributed by atoms with E-state index in [1.807, 2.05) is 4.90 Å². The Hall–Kier alpha value is -3.11. The summed E-state index contributed by atoms with van der Waals surface area (Å²) in [5.74, 6) is -1.85. The van der Waals surface area contributed by atoms with E-state index in [1.54, 1.807) is 0 Å². The second kappa shape index (κ2) is 8.93. The molecule has 1 saturated heterocycles. The van der Waals surface area contributed by atoms with Crippen LogP contribution in [-0.4, -0.2) is 46.8 Å². The molecular weight excluding hydrogens is 388 g/mol. The molecule has 29 heavy (non-hydrogen) atoms. The zero-order valence-corrected chi connectivity index (χ0v) is 15.3. The van der Waals surface area contributed by atoms with Crippen LogP contribution in [0.5, 0.6) is 0 Å². The topological polar surface area (TPSA) is 105 Å². The summed E-state index contributed by atoms with van der Waals surface area (Å²) >= 11 is 0. The highest BCUT2D eigenvalue weighted by molar-refractivity contribution is 5.65. The molecule has 0 aliphatic carbocycles. The number of nitrogens with one attached hydrogen (secondary N) is 1. The number of rotatable bonds is 6. The molecule has 1 unspecified atom stereocenters. The highest BCUT2D eigenvalue weighted by Gasteiger charge is 2.31. The van der Waals surface area contributed by atoms with Crippen LogP contribution in [0.25, 0.3) is 0 Å². The van der Waals surface area contributed by atoms with Gasteiger partial charge in [0.15, 0.2) is 11.6 Å². The van der Waals surface area contributed by atoms with Gasteiger partial charge in [-0.05, 0) is 23.3 Å². The fourth-order valence-corrected chi connectivity index (χ4v) is 3.30. The molecule has 1 amide bonds. The number of carboxylic acid groups (broad SMARTS) is 1. The monoisotopic (exact) mass is 407 g/mol. The average Bonchev–Trinajstić information content (AvgIpc) is 2.69. The third-order valence-electron chi connectivity index (χ3n) is 4.68. The summed E-state index contributed by atoms with van der Waals surface area (Å²) in [5.41, 5.74) is 1.01. The molecule has 2 aromatic carbocycles. The summed E-state index contributed by atoms with van der Waals surface area (Å²) < 4.78 is 32.3. The number of nitro benzene ring substituents is 1. The molecule has 0 bridgehead atoms. The first-order valence-electron chi connectivity index (χ1n) is 8.85. The van der Waals surface area contributed by atoms with Crippen molar-refractivity contribution in [3.05, 3.63) is 75.3 Å². The van der Waals surface area contributed by atoms with Crippen LogP contribution in [-0.2, 0) is 11.3 Å². The van der Waals surface area contributed by atoms with E-state index < -0.39 is 34.8 Å². The summed E-state index contributed by atoms with van der Waals surface area (Å²) in [7, 11) is 0. The summed E-state index contributed by atoms with van der Waals surface area (Å²) in [4.78, 5) is 23.5. The summed E-state index contributed by atoms with van der Waals surface area (Å²) in [5, 5.41) is 22.4. The Morgan fingerprint density at radius 1 is 1.28 bits per heavy atom. The van der Waals surface area contributed by atoms with Crippen LogP contribution in [0.2, 0.25) is 0 Å². The lowest BCUT2D eigenvalue weighted by atomic mass is 9.99. The molecule has 2 atom stereocenters. The smallest absolute Gasteiger partial charge is 0.405 e. The second-order valence-corrected chi connectivity index (χ2v) is 6.67. The Balaban J connectivity index is 1.75. The lowest BCUT2D eigenvalue weighted by molar-refractivity contribution is -0.384. The normalized spacial score (nSPS) is 18.2. The van der Waals surface area contributed by atoms with Crippen molar-refractivity contribution in [2.24, 2.45) is 0 Å². The number of carbonyl (C=O) groups is 1. The van der Waals surface area contributed by atoms with Crippen molar-refractivity contribution in [3.8, 4) is 0 Å². The van der Waals surface area contributed by atoms with Gasteiger partial charge in [0.1, 0.15) is 0 Å². The van der Waals surface area contributed by atoms with Crippen molar-refractivity contribution in [1.82, 2.24) is 10.2 Å². The summed E-state index contributed by atoms with van der Waals surface area (Å²) in [6, 6.07) is 8.50. The van der Waals surface area contributed by atoms with Gasteiger partial charge in [0, 0.05) is 31.8 Å². The lowest BCUT2D eigenvalue weighted by Gasteiger charge is -2.37. The molecule has 1 aliphatic rings. The van der Waals surface area contributed by atoms with Crippen LogP contribution in [0.15, 0.2) is 42.5 Å². The maximum absolute atomic E-state index is 13.5. The standard InChI is InChI=1S/C19H19F2N3O5/c20-15-6-1-12(9-16(15)21)10-23-7-8-29-17(11-23)18(22-19(25)26)13-2-4-14(5-3-13)24(27)28/h1-6,9,17-18,22H,7-8,10-11H2,(H,25,26)/t17-,18?/m0/s1. The molecule has 0 radical (unpaired) electrons. The molecule has 1 fully saturated rings. The van der Waals surface area contributed by atoms with Gasteiger partial charge in [-0.3, -0.25) is 15.0 Å². The SMILES string of the molecule is O=C(O)NC(c1ccc([N+](=O)[O-])cc1)[C@@H]1CN(Cc2ccc(F)c(F)c2)CCO1. The number of morpholine rings is 1. The van der Waals surface area contributed by atoms with Crippen LogP contribution < -0.4 is 5.32 Å². The Morgan fingerprint density at radius 3 is 2.62 bits per heavy atom. The van der Waals surface area contributed by atoms with Crippen molar-refractivity contribution in [2.75, 3.05) is 19.7 Å². The summed E-state index contributed by atoms with van der Waals surface area (Å²) in [6.45, 7) is 1.53. The van der Waals surface area contributed by atoms with Gasteiger partial charge in [-0.2, -0.15) is 0 Å². The van der Waals surface area contributed by atoms with Crippen LogP contribution in [0.4, 0.5) is 19.3 Å². The molecule has 2 aromatic rings. The van der Waals surface area contributed by atoms with Crippen molar-refractivity contribution >= 4 is 11.8 Å². The van der Waals surface area contributed by atoms with Gasteiger partial charge in [-0.25, -0.2) is 13.6 Å². The molecule has 0 saturated carbocycles. The fraction of sp³-hybridized carbons (Fsp3) is 0.316. The number of nitro groups is 1. The maximum Gasteiger partial charge on any atom is 0.405 e. The van der Waals surface area contributed by atoms with Crippen LogP contribution in [0, 0.1) is 21.7 Å². The fourth-order valence-electron chi connectivity index (χ4n) is 3.30. The highest BCUT2D eigenvalue weighted by Crippen LogP contribution is 2.25. The Kier molecular flexibility index (Phi) is 6.35. The van der Waals surface area contributed by atoms with Gasteiger partial charge in [0.25, 0.3) is 5.69 Å². The van der Waals surface area contributed by atoms with E-state index in [0.29, 0.717) is 37.4 Å². The first-order valence-corrected chi connectivity index (χ1v) is 8.85. The molecule has 1 heterocycles. The van der Waals surface area contributed by atoms with Gasteiger partial charge in [0.05, 0.1) is 23.7 Å². The summed E-state index contributed by atoms with van der Waals surface area (Å²) in [6.07, 6.45) is -1.82. The van der Waals surface area contributed by atoms with Gasteiger partial charge < -0.3 is 15.2 Å². The minimum absolute atomic E-state index is 0.104. The van der Waals surface area contributed by atoms with Crippen molar-refractivity contribution in [2.45, 2.75) is 18.7 Å². The van der Waals surface area contributed by atoms with E-state index in [2.05, 4.69) is 5.32 Å². The van der Waals surface area contributed by atoms with Crippen molar-refractivity contribution < 1.29 is 28.3 Å². The van der Waals surface area contributed by atoms with E-state index in [1.165, 1.54) is 30.3 Å². The van der Waals surface area contributed by atoms with Crippen LogP contribution in [0.3, 0.4) is 0 Å². The Morgan fingerprint density at radius 2 is 2.00 bits per heavy atom. The minimum Gasteiger partial charge on any atom is -0.465 e. The molecular formula is C19H19F2N3O5. The Bertz CT molecular complexity index is 894. The van der Waals surface area contributed by atoms with Gasteiger partial charge in [-0.1, -0.05) is 18.2 Å². The molecule has 0 spiro atoms. The molecule has 1 aliphatic heterocycles. The van der Waals surface area contributed by atoms with E-state index in [-0.39, 0.29) is 5.69 Å². The molecule has 154 valence electrons. The van der Waals surface area contributed by atoms with Crippen molar-refractivity contribution in [1.29, 1.82) is 0 Å². The molecule has 8 nitrogen and oxygen atoms in total. The number of hydrogen-bond acceptors (Lipinski definition) is 5. The van der Waals surface area contributed by atoms with Crippen LogP contribution in [0.1, 0.15) is 17.2 Å². The molecule has 2 N–H and O–H groups in total. The molecule has 3 rings (SSSR count).